The van der Waals surface area contributed by atoms with Crippen molar-refractivity contribution in [2.75, 3.05) is 52.4 Å². The monoisotopic (exact) mass is 400 g/mol. The number of carbonyl (C=O) groups excluding carboxylic acids is 1. The third-order valence-corrected chi connectivity index (χ3v) is 5.16. The topological polar surface area (TPSA) is 38.8 Å². The Hall–Kier alpha value is -1.80. The van der Waals surface area contributed by atoms with Gasteiger partial charge >= 0.3 is 12.2 Å². The van der Waals surface area contributed by atoms with Crippen LogP contribution in [0.2, 0.25) is 0 Å². The number of carbonyl (C=O) groups is 1. The van der Waals surface area contributed by atoms with Gasteiger partial charge in [-0.3, -0.25) is 9.80 Å². The zero-order chi connectivity index (χ0) is 20.6. The van der Waals surface area contributed by atoms with Crippen molar-refractivity contribution in [2.45, 2.75) is 32.5 Å². The highest BCUT2D eigenvalue weighted by Gasteiger charge is 2.32. The van der Waals surface area contributed by atoms with Gasteiger partial charge in [0.15, 0.2) is 0 Å². The van der Waals surface area contributed by atoms with Crippen LogP contribution in [0.3, 0.4) is 0 Å². The van der Waals surface area contributed by atoms with Crippen molar-refractivity contribution in [3.8, 4) is 0 Å². The molecule has 1 aromatic carbocycles. The molecular formula is C20H31F3N4O. The van der Waals surface area contributed by atoms with E-state index in [4.69, 9.17) is 0 Å². The fourth-order valence-corrected chi connectivity index (χ4v) is 3.68. The Morgan fingerprint density at radius 2 is 1.79 bits per heavy atom. The lowest BCUT2D eigenvalue weighted by atomic mass is 10.1. The quantitative estimate of drug-likeness (QED) is 0.763. The van der Waals surface area contributed by atoms with Crippen LogP contribution in [-0.4, -0.2) is 79.3 Å². The van der Waals surface area contributed by atoms with E-state index in [2.05, 4.69) is 36.2 Å². The van der Waals surface area contributed by atoms with E-state index in [0.717, 1.165) is 18.7 Å². The van der Waals surface area contributed by atoms with Gasteiger partial charge < -0.3 is 10.2 Å². The molecule has 0 bridgehead atoms. The number of halogens is 3. The summed E-state index contributed by atoms with van der Waals surface area (Å²) >= 11 is 0. The van der Waals surface area contributed by atoms with Gasteiger partial charge in [0.05, 0.1) is 12.6 Å². The normalized spacial score (nSPS) is 17.4. The lowest BCUT2D eigenvalue weighted by molar-refractivity contribution is -0.145. The van der Waals surface area contributed by atoms with Crippen LogP contribution >= 0.6 is 0 Å². The molecule has 1 fully saturated rings. The van der Waals surface area contributed by atoms with E-state index in [1.165, 1.54) is 4.90 Å². The van der Waals surface area contributed by atoms with Crippen molar-refractivity contribution in [2.24, 2.45) is 0 Å². The number of alkyl halides is 3. The number of hydrogen-bond donors (Lipinski definition) is 1. The SMILES string of the molecule is CCN(CC)C(CNC(=O)N1CCCN(CC(F)(F)F)CC1)c1ccccc1. The molecule has 1 unspecified atom stereocenters. The third-order valence-electron chi connectivity index (χ3n) is 5.16. The maximum Gasteiger partial charge on any atom is 0.401 e. The molecule has 1 atom stereocenters. The second-order valence-electron chi connectivity index (χ2n) is 7.07. The van der Waals surface area contributed by atoms with Crippen LogP contribution in [0.4, 0.5) is 18.0 Å². The van der Waals surface area contributed by atoms with Crippen molar-refractivity contribution in [1.82, 2.24) is 20.0 Å². The Labute approximate surface area is 165 Å². The summed E-state index contributed by atoms with van der Waals surface area (Å²) in [5.74, 6) is 0. The highest BCUT2D eigenvalue weighted by Crippen LogP contribution is 2.20. The molecule has 0 spiro atoms. The van der Waals surface area contributed by atoms with E-state index < -0.39 is 12.7 Å². The molecule has 158 valence electrons. The smallest absolute Gasteiger partial charge is 0.336 e. The Kier molecular flexibility index (Phi) is 8.57. The van der Waals surface area contributed by atoms with Crippen molar-refractivity contribution in [1.29, 1.82) is 0 Å². The summed E-state index contributed by atoms with van der Waals surface area (Å²) in [7, 11) is 0. The van der Waals surface area contributed by atoms with Crippen molar-refractivity contribution in [3.63, 3.8) is 0 Å². The molecule has 1 saturated heterocycles. The van der Waals surface area contributed by atoms with Gasteiger partial charge in [-0.25, -0.2) is 4.79 Å². The first-order valence-electron chi connectivity index (χ1n) is 9.95. The number of benzene rings is 1. The van der Waals surface area contributed by atoms with E-state index in [9.17, 15) is 18.0 Å². The summed E-state index contributed by atoms with van der Waals surface area (Å²) in [5, 5.41) is 3.00. The number of likely N-dealkylation sites (N-methyl/N-ethyl adjacent to an activating group) is 1. The first-order chi connectivity index (χ1) is 13.3. The van der Waals surface area contributed by atoms with Crippen LogP contribution in [0.25, 0.3) is 0 Å². The first-order valence-corrected chi connectivity index (χ1v) is 9.95. The number of rotatable bonds is 7. The summed E-state index contributed by atoms with van der Waals surface area (Å²) < 4.78 is 37.8. The Morgan fingerprint density at radius 1 is 1.11 bits per heavy atom. The highest BCUT2D eigenvalue weighted by molar-refractivity contribution is 5.74. The zero-order valence-electron chi connectivity index (χ0n) is 16.7. The van der Waals surface area contributed by atoms with Crippen LogP contribution in [-0.2, 0) is 0 Å². The van der Waals surface area contributed by atoms with E-state index in [1.807, 2.05) is 18.2 Å². The maximum absolute atomic E-state index is 12.6. The molecule has 8 heteroatoms. The number of urea groups is 1. The Balaban J connectivity index is 1.93. The highest BCUT2D eigenvalue weighted by atomic mass is 19.4. The van der Waals surface area contributed by atoms with E-state index in [-0.39, 0.29) is 18.6 Å². The molecule has 5 nitrogen and oxygen atoms in total. The van der Waals surface area contributed by atoms with Crippen LogP contribution in [0, 0.1) is 0 Å². The molecule has 0 saturated carbocycles. The van der Waals surface area contributed by atoms with Crippen LogP contribution in [0.5, 0.6) is 0 Å². The van der Waals surface area contributed by atoms with E-state index in [0.29, 0.717) is 32.6 Å². The molecule has 2 amide bonds. The Bertz CT molecular complexity index is 593. The minimum absolute atomic E-state index is 0.0638. The van der Waals surface area contributed by atoms with Crippen LogP contribution in [0.15, 0.2) is 30.3 Å². The summed E-state index contributed by atoms with van der Waals surface area (Å²) in [6.07, 6.45) is -3.66. The van der Waals surface area contributed by atoms with Gasteiger partial charge in [-0.2, -0.15) is 13.2 Å². The molecule has 0 radical (unpaired) electrons. The van der Waals surface area contributed by atoms with Gasteiger partial charge in [0.25, 0.3) is 0 Å². The van der Waals surface area contributed by atoms with Crippen molar-refractivity contribution >= 4 is 6.03 Å². The number of nitrogens with zero attached hydrogens (tertiary/aromatic N) is 3. The van der Waals surface area contributed by atoms with Gasteiger partial charge in [-0.15, -0.1) is 0 Å². The largest absolute Gasteiger partial charge is 0.401 e. The molecule has 28 heavy (non-hydrogen) atoms. The summed E-state index contributed by atoms with van der Waals surface area (Å²) in [5.41, 5.74) is 1.14. The molecule has 1 aliphatic heterocycles. The molecule has 2 rings (SSSR count). The minimum atomic E-state index is -4.20. The molecule has 1 aromatic rings. The number of nitrogens with one attached hydrogen (secondary N) is 1. The van der Waals surface area contributed by atoms with E-state index in [1.54, 1.807) is 4.90 Å². The first kappa shape index (κ1) is 22.5. The van der Waals surface area contributed by atoms with Gasteiger partial charge in [0, 0.05) is 32.7 Å². The fraction of sp³-hybridized carbons (Fsp3) is 0.650. The summed E-state index contributed by atoms with van der Waals surface area (Å²) in [4.78, 5) is 17.9. The predicted molar refractivity (Wildman–Crippen MR) is 104 cm³/mol. The molecular weight excluding hydrogens is 369 g/mol. The van der Waals surface area contributed by atoms with Gasteiger partial charge in [0.1, 0.15) is 0 Å². The Morgan fingerprint density at radius 3 is 2.39 bits per heavy atom. The zero-order valence-corrected chi connectivity index (χ0v) is 16.7. The van der Waals surface area contributed by atoms with Gasteiger partial charge in [-0.1, -0.05) is 44.2 Å². The van der Waals surface area contributed by atoms with Crippen molar-refractivity contribution in [3.05, 3.63) is 35.9 Å². The van der Waals surface area contributed by atoms with Gasteiger partial charge in [0.2, 0.25) is 0 Å². The molecule has 0 aliphatic carbocycles. The average molecular weight is 400 g/mol. The molecule has 1 heterocycles. The number of hydrogen-bond acceptors (Lipinski definition) is 3. The minimum Gasteiger partial charge on any atom is -0.336 e. The van der Waals surface area contributed by atoms with Gasteiger partial charge in [-0.05, 0) is 25.1 Å². The van der Waals surface area contributed by atoms with Crippen molar-refractivity contribution < 1.29 is 18.0 Å². The summed E-state index contributed by atoms with van der Waals surface area (Å²) in [6.45, 7) is 6.83. The van der Waals surface area contributed by atoms with Crippen LogP contribution in [0.1, 0.15) is 31.9 Å². The standard InChI is InChI=1S/C20H31F3N4O/c1-3-26(4-2)18(17-9-6-5-7-10-17)15-24-19(28)27-12-8-11-25(13-14-27)16-20(21,22)23/h5-7,9-10,18H,3-4,8,11-16H2,1-2H3,(H,24,28). The fourth-order valence-electron chi connectivity index (χ4n) is 3.68. The maximum atomic E-state index is 12.6. The molecule has 1 N–H and O–H groups in total. The average Bonchev–Trinajstić information content (AvgIpc) is 2.89. The third kappa shape index (κ3) is 6.98. The van der Waals surface area contributed by atoms with E-state index >= 15 is 0 Å². The summed E-state index contributed by atoms with van der Waals surface area (Å²) in [6, 6.07) is 9.89. The lowest BCUT2D eigenvalue weighted by Crippen LogP contribution is -2.46. The second-order valence-corrected chi connectivity index (χ2v) is 7.07. The molecule has 0 aromatic heterocycles. The lowest BCUT2D eigenvalue weighted by Gasteiger charge is -2.31. The number of amides is 2. The predicted octanol–water partition coefficient (Wildman–Crippen LogP) is 3.35. The second kappa shape index (κ2) is 10.7. The van der Waals surface area contributed by atoms with Crippen LogP contribution < -0.4 is 5.32 Å². The molecule has 1 aliphatic rings.